The summed E-state index contributed by atoms with van der Waals surface area (Å²) in [5.41, 5.74) is 1.37. The highest BCUT2D eigenvalue weighted by atomic mass is 32.1. The molecule has 1 amide bonds. The standard InChI is InChI=1S/C20H17N3O5S/c1-2-27-10-9-22-15-8-7-14(23(25)26)12-18(15)29-20(22)21-19(24)17-11-13-5-3-4-6-16(13)28-17/h3-8,11-12H,2,9-10H2,1H3. The lowest BCUT2D eigenvalue weighted by Crippen LogP contribution is -2.19. The van der Waals surface area contributed by atoms with Crippen molar-refractivity contribution in [3.8, 4) is 0 Å². The zero-order valence-corrected chi connectivity index (χ0v) is 16.3. The Kier molecular flexibility index (Phi) is 5.24. The molecule has 2 aromatic heterocycles. The molecule has 148 valence electrons. The molecule has 0 aliphatic heterocycles. The van der Waals surface area contributed by atoms with Crippen LogP contribution in [0, 0.1) is 10.1 Å². The molecule has 0 radical (unpaired) electrons. The number of amides is 1. The fraction of sp³-hybridized carbons (Fsp3) is 0.200. The lowest BCUT2D eigenvalue weighted by Gasteiger charge is -2.05. The molecule has 9 heteroatoms. The van der Waals surface area contributed by atoms with Crippen LogP contribution in [0.1, 0.15) is 17.5 Å². The van der Waals surface area contributed by atoms with E-state index in [0.29, 0.717) is 34.8 Å². The SMILES string of the molecule is CCOCCn1c(=NC(=O)c2cc3ccccc3o2)sc2cc([N+](=O)[O-])ccc21. The number of benzene rings is 2. The van der Waals surface area contributed by atoms with Crippen molar-refractivity contribution < 1.29 is 18.9 Å². The summed E-state index contributed by atoms with van der Waals surface area (Å²) in [6, 6.07) is 13.6. The van der Waals surface area contributed by atoms with Crippen LogP contribution in [0.3, 0.4) is 0 Å². The number of rotatable bonds is 6. The predicted molar refractivity (Wildman–Crippen MR) is 109 cm³/mol. The third kappa shape index (κ3) is 3.82. The van der Waals surface area contributed by atoms with Crippen LogP contribution in [0.25, 0.3) is 21.2 Å². The molecule has 0 fully saturated rings. The van der Waals surface area contributed by atoms with Gasteiger partial charge in [-0.15, -0.1) is 0 Å². The summed E-state index contributed by atoms with van der Waals surface area (Å²) in [5.74, 6) is -0.363. The van der Waals surface area contributed by atoms with Crippen molar-refractivity contribution in [1.29, 1.82) is 0 Å². The van der Waals surface area contributed by atoms with E-state index in [1.807, 2.05) is 29.7 Å². The number of hydrogen-bond donors (Lipinski definition) is 0. The molecule has 0 unspecified atom stereocenters. The maximum absolute atomic E-state index is 12.7. The number of carbonyl (C=O) groups is 1. The van der Waals surface area contributed by atoms with E-state index in [1.54, 1.807) is 18.2 Å². The molecule has 0 saturated heterocycles. The summed E-state index contributed by atoms with van der Waals surface area (Å²) in [5, 5.41) is 11.9. The van der Waals surface area contributed by atoms with Crippen LogP contribution in [0.5, 0.6) is 0 Å². The Hall–Kier alpha value is -3.30. The number of nitrogens with zero attached hydrogens (tertiary/aromatic N) is 3. The summed E-state index contributed by atoms with van der Waals surface area (Å²) in [6.07, 6.45) is 0. The van der Waals surface area contributed by atoms with E-state index in [4.69, 9.17) is 9.15 Å². The minimum Gasteiger partial charge on any atom is -0.451 e. The Balaban J connectivity index is 1.79. The average molecular weight is 411 g/mol. The fourth-order valence-corrected chi connectivity index (χ4v) is 4.09. The number of non-ortho nitro benzene ring substituents is 1. The lowest BCUT2D eigenvalue weighted by molar-refractivity contribution is -0.384. The zero-order chi connectivity index (χ0) is 20.4. The highest BCUT2D eigenvalue weighted by Gasteiger charge is 2.15. The Labute approximate surface area is 168 Å². The zero-order valence-electron chi connectivity index (χ0n) is 15.5. The van der Waals surface area contributed by atoms with E-state index in [2.05, 4.69) is 4.99 Å². The molecule has 0 atom stereocenters. The minimum absolute atomic E-state index is 0.00845. The third-order valence-corrected chi connectivity index (χ3v) is 5.42. The summed E-state index contributed by atoms with van der Waals surface area (Å²) in [7, 11) is 0. The van der Waals surface area contributed by atoms with E-state index in [-0.39, 0.29) is 11.4 Å². The van der Waals surface area contributed by atoms with Gasteiger partial charge in [0.25, 0.3) is 5.69 Å². The predicted octanol–water partition coefficient (Wildman–Crippen LogP) is 4.13. The second kappa shape index (κ2) is 7.98. The van der Waals surface area contributed by atoms with E-state index in [1.165, 1.54) is 23.5 Å². The van der Waals surface area contributed by atoms with Crippen LogP contribution in [0.15, 0.2) is 57.9 Å². The first-order valence-electron chi connectivity index (χ1n) is 9.00. The number of hydrogen-bond acceptors (Lipinski definition) is 6. The fourth-order valence-electron chi connectivity index (χ4n) is 3.01. The van der Waals surface area contributed by atoms with Crippen LogP contribution in [0.4, 0.5) is 5.69 Å². The van der Waals surface area contributed by atoms with E-state index in [0.717, 1.165) is 10.9 Å². The number of furan rings is 1. The number of fused-ring (bicyclic) bond motifs is 2. The van der Waals surface area contributed by atoms with Gasteiger partial charge in [0, 0.05) is 30.7 Å². The number of para-hydroxylation sites is 1. The van der Waals surface area contributed by atoms with Crippen molar-refractivity contribution in [3.63, 3.8) is 0 Å². The highest BCUT2D eigenvalue weighted by Crippen LogP contribution is 2.24. The number of aromatic nitrogens is 1. The van der Waals surface area contributed by atoms with Gasteiger partial charge >= 0.3 is 5.91 Å². The quantitative estimate of drug-likeness (QED) is 0.270. The first-order valence-corrected chi connectivity index (χ1v) is 9.81. The van der Waals surface area contributed by atoms with Gasteiger partial charge < -0.3 is 13.7 Å². The highest BCUT2D eigenvalue weighted by molar-refractivity contribution is 7.16. The van der Waals surface area contributed by atoms with E-state index in [9.17, 15) is 14.9 Å². The van der Waals surface area contributed by atoms with Crippen LogP contribution >= 0.6 is 11.3 Å². The normalized spacial score (nSPS) is 12.1. The monoisotopic (exact) mass is 411 g/mol. The number of ether oxygens (including phenoxy) is 1. The van der Waals surface area contributed by atoms with Gasteiger partial charge in [-0.1, -0.05) is 29.5 Å². The van der Waals surface area contributed by atoms with Gasteiger partial charge in [0.15, 0.2) is 10.6 Å². The summed E-state index contributed by atoms with van der Waals surface area (Å²) >= 11 is 1.22. The van der Waals surface area contributed by atoms with Gasteiger partial charge in [-0.05, 0) is 25.1 Å². The second-order valence-corrected chi connectivity index (χ2v) is 7.22. The Morgan fingerprint density at radius 3 is 2.86 bits per heavy atom. The van der Waals surface area contributed by atoms with E-state index >= 15 is 0 Å². The number of carbonyl (C=O) groups excluding carboxylic acids is 1. The maximum Gasteiger partial charge on any atom is 0.315 e. The Morgan fingerprint density at radius 2 is 2.10 bits per heavy atom. The van der Waals surface area contributed by atoms with Crippen molar-refractivity contribution in [2.24, 2.45) is 4.99 Å². The van der Waals surface area contributed by atoms with Crippen molar-refractivity contribution in [3.05, 3.63) is 69.2 Å². The molecule has 0 saturated carbocycles. The molecule has 0 N–H and O–H groups in total. The topological polar surface area (TPSA) is 99.9 Å². The van der Waals surface area contributed by atoms with Crippen molar-refractivity contribution in [2.75, 3.05) is 13.2 Å². The van der Waals surface area contributed by atoms with Crippen molar-refractivity contribution in [2.45, 2.75) is 13.5 Å². The number of nitro benzene ring substituents is 1. The average Bonchev–Trinajstić information content (AvgIpc) is 3.29. The smallest absolute Gasteiger partial charge is 0.315 e. The molecular formula is C20H17N3O5S. The second-order valence-electron chi connectivity index (χ2n) is 6.21. The minimum atomic E-state index is -0.507. The Morgan fingerprint density at radius 1 is 1.28 bits per heavy atom. The van der Waals surface area contributed by atoms with Gasteiger partial charge in [-0.25, -0.2) is 0 Å². The van der Waals surface area contributed by atoms with Gasteiger partial charge in [0.05, 0.1) is 21.7 Å². The van der Waals surface area contributed by atoms with Crippen LogP contribution in [-0.4, -0.2) is 28.6 Å². The van der Waals surface area contributed by atoms with Crippen LogP contribution in [0.2, 0.25) is 0 Å². The molecule has 4 aromatic rings. The first kappa shape index (κ1) is 19.0. The largest absolute Gasteiger partial charge is 0.451 e. The summed E-state index contributed by atoms with van der Waals surface area (Å²) < 4.78 is 13.5. The molecule has 4 rings (SSSR count). The van der Waals surface area contributed by atoms with Gasteiger partial charge in [0.2, 0.25) is 0 Å². The van der Waals surface area contributed by atoms with Crippen molar-refractivity contribution >= 4 is 44.1 Å². The van der Waals surface area contributed by atoms with Gasteiger partial charge in [0.1, 0.15) is 5.58 Å². The molecule has 0 aliphatic carbocycles. The third-order valence-electron chi connectivity index (χ3n) is 4.37. The molecular weight excluding hydrogens is 394 g/mol. The lowest BCUT2D eigenvalue weighted by atomic mass is 10.2. The van der Waals surface area contributed by atoms with Crippen molar-refractivity contribution in [1.82, 2.24) is 4.57 Å². The molecule has 2 aromatic carbocycles. The maximum atomic E-state index is 12.7. The molecule has 0 spiro atoms. The number of thiazole rings is 1. The van der Waals surface area contributed by atoms with Crippen LogP contribution in [-0.2, 0) is 11.3 Å². The molecule has 0 aliphatic rings. The first-order chi connectivity index (χ1) is 14.1. The molecule has 29 heavy (non-hydrogen) atoms. The van der Waals surface area contributed by atoms with Gasteiger partial charge in [-0.3, -0.25) is 14.9 Å². The molecule has 0 bridgehead atoms. The number of nitro groups is 1. The van der Waals surface area contributed by atoms with E-state index < -0.39 is 10.8 Å². The van der Waals surface area contributed by atoms with Crippen LogP contribution < -0.4 is 4.80 Å². The summed E-state index contributed by atoms with van der Waals surface area (Å²) in [4.78, 5) is 28.0. The molecule has 8 nitrogen and oxygen atoms in total. The molecule has 2 heterocycles. The van der Waals surface area contributed by atoms with Gasteiger partial charge in [-0.2, -0.15) is 4.99 Å². The summed E-state index contributed by atoms with van der Waals surface area (Å²) in [6.45, 7) is 3.37. The Bertz CT molecular complexity index is 1250.